The fourth-order valence-corrected chi connectivity index (χ4v) is 1.67. The number of amides is 1. The van der Waals surface area contributed by atoms with Crippen LogP contribution in [-0.2, 0) is 4.79 Å². The van der Waals surface area contributed by atoms with Gasteiger partial charge in [-0.25, -0.2) is 4.39 Å². The molecule has 0 radical (unpaired) electrons. The number of carbonyl (C=O) groups excluding carboxylic acids is 1. The van der Waals surface area contributed by atoms with Gasteiger partial charge in [0.2, 0.25) is 0 Å². The highest BCUT2D eigenvalue weighted by molar-refractivity contribution is 9.10. The van der Waals surface area contributed by atoms with Crippen molar-refractivity contribution in [3.63, 3.8) is 0 Å². The number of benzene rings is 1. The van der Waals surface area contributed by atoms with Crippen LogP contribution in [0.3, 0.4) is 0 Å². The molecule has 0 unspecified atom stereocenters. The van der Waals surface area contributed by atoms with Crippen molar-refractivity contribution in [1.29, 1.82) is 0 Å². The number of nitrogens with one attached hydrogen (secondary N) is 1. The summed E-state index contributed by atoms with van der Waals surface area (Å²) in [6.45, 7) is -2.44. The van der Waals surface area contributed by atoms with Crippen LogP contribution in [0.4, 0.5) is 4.39 Å². The largest absolute Gasteiger partial charge is 0.481 e. The smallest absolute Gasteiger partial charge is 0.258 e. The Labute approximate surface area is 123 Å². The van der Waals surface area contributed by atoms with Crippen LogP contribution in [0.2, 0.25) is 0 Å². The number of aliphatic hydroxyl groups excluding tert-OH is 3. The van der Waals surface area contributed by atoms with Crippen LogP contribution in [0.15, 0.2) is 22.7 Å². The molecule has 0 aliphatic rings. The molecule has 20 heavy (non-hydrogen) atoms. The lowest BCUT2D eigenvalue weighted by atomic mass is 10.0. The quantitative estimate of drug-likeness (QED) is 0.545. The normalized spacial score (nSPS) is 11.2. The third-order valence-corrected chi connectivity index (χ3v) is 3.06. The molecule has 0 aliphatic carbocycles. The number of ether oxygens (including phenoxy) is 1. The average Bonchev–Trinajstić information content (AvgIpc) is 2.44. The minimum absolute atomic E-state index is 0.106. The Balaban J connectivity index is 2.59. The lowest BCUT2D eigenvalue weighted by Gasteiger charge is -2.28. The highest BCUT2D eigenvalue weighted by Gasteiger charge is 2.30. The van der Waals surface area contributed by atoms with Gasteiger partial charge in [-0.3, -0.25) is 4.79 Å². The van der Waals surface area contributed by atoms with Crippen molar-refractivity contribution in [3.8, 4) is 5.75 Å². The predicted molar refractivity (Wildman–Crippen MR) is 71.7 cm³/mol. The summed E-state index contributed by atoms with van der Waals surface area (Å²) in [6, 6.07) is 4.09. The topological polar surface area (TPSA) is 99.0 Å². The minimum atomic E-state index is -1.53. The Bertz CT molecular complexity index is 459. The Hall–Kier alpha value is -1.22. The number of hydrogen-bond donors (Lipinski definition) is 4. The second-order valence-corrected chi connectivity index (χ2v) is 5.08. The zero-order valence-corrected chi connectivity index (χ0v) is 12.1. The third kappa shape index (κ3) is 4.41. The molecule has 0 spiro atoms. The molecule has 112 valence electrons. The first-order valence-electron chi connectivity index (χ1n) is 5.68. The summed E-state index contributed by atoms with van der Waals surface area (Å²) in [5.41, 5.74) is -1.53. The first-order chi connectivity index (χ1) is 9.46. The summed E-state index contributed by atoms with van der Waals surface area (Å²) in [4.78, 5) is 11.6. The lowest BCUT2D eigenvalue weighted by Crippen LogP contribution is -2.58. The van der Waals surface area contributed by atoms with Gasteiger partial charge < -0.3 is 25.4 Å². The molecule has 0 aliphatic heterocycles. The minimum Gasteiger partial charge on any atom is -0.481 e. The molecule has 0 heterocycles. The SMILES string of the molecule is O=C(COc1ccc(Br)cc1F)NC(CO)(CO)CO. The van der Waals surface area contributed by atoms with Gasteiger partial charge in [-0.1, -0.05) is 15.9 Å². The number of halogens is 2. The average molecular weight is 352 g/mol. The van der Waals surface area contributed by atoms with Gasteiger partial charge in [0.1, 0.15) is 5.54 Å². The van der Waals surface area contributed by atoms with Crippen molar-refractivity contribution in [3.05, 3.63) is 28.5 Å². The molecular weight excluding hydrogens is 337 g/mol. The van der Waals surface area contributed by atoms with Crippen molar-refractivity contribution in [1.82, 2.24) is 5.32 Å². The van der Waals surface area contributed by atoms with Crippen LogP contribution in [0.1, 0.15) is 0 Å². The fraction of sp³-hybridized carbons (Fsp3) is 0.417. The van der Waals surface area contributed by atoms with Crippen LogP contribution in [-0.4, -0.2) is 53.2 Å². The van der Waals surface area contributed by atoms with E-state index in [1.54, 1.807) is 6.07 Å². The van der Waals surface area contributed by atoms with Gasteiger partial charge >= 0.3 is 0 Å². The van der Waals surface area contributed by atoms with Crippen molar-refractivity contribution in [2.45, 2.75) is 5.54 Å². The third-order valence-electron chi connectivity index (χ3n) is 2.57. The number of carbonyl (C=O) groups is 1. The zero-order chi connectivity index (χ0) is 15.2. The summed E-state index contributed by atoms with van der Waals surface area (Å²) < 4.78 is 18.9. The molecule has 0 saturated carbocycles. The van der Waals surface area contributed by atoms with E-state index in [0.717, 1.165) is 0 Å². The predicted octanol–water partition coefficient (Wildman–Crippen LogP) is -0.201. The van der Waals surface area contributed by atoms with Gasteiger partial charge in [0.25, 0.3) is 5.91 Å². The van der Waals surface area contributed by atoms with Crippen LogP contribution in [0.5, 0.6) is 5.75 Å². The monoisotopic (exact) mass is 351 g/mol. The van der Waals surface area contributed by atoms with Gasteiger partial charge in [0.15, 0.2) is 18.2 Å². The molecule has 1 rings (SSSR count). The van der Waals surface area contributed by atoms with Crippen molar-refractivity contribution in [2.75, 3.05) is 26.4 Å². The Morgan fingerprint density at radius 3 is 2.40 bits per heavy atom. The molecule has 0 atom stereocenters. The van der Waals surface area contributed by atoms with Crippen LogP contribution in [0.25, 0.3) is 0 Å². The van der Waals surface area contributed by atoms with E-state index >= 15 is 0 Å². The maximum atomic E-state index is 13.4. The first kappa shape index (κ1) is 16.8. The second kappa shape index (κ2) is 7.53. The summed E-state index contributed by atoms with van der Waals surface area (Å²) in [7, 11) is 0. The molecule has 4 N–H and O–H groups in total. The Morgan fingerprint density at radius 2 is 1.90 bits per heavy atom. The van der Waals surface area contributed by atoms with Gasteiger partial charge in [-0.05, 0) is 18.2 Å². The maximum Gasteiger partial charge on any atom is 0.258 e. The molecule has 0 saturated heterocycles. The lowest BCUT2D eigenvalue weighted by molar-refractivity contribution is -0.127. The molecule has 0 fully saturated rings. The van der Waals surface area contributed by atoms with E-state index in [9.17, 15) is 9.18 Å². The fourth-order valence-electron chi connectivity index (χ4n) is 1.34. The number of rotatable bonds is 7. The van der Waals surface area contributed by atoms with Crippen LogP contribution < -0.4 is 10.1 Å². The summed E-state index contributed by atoms with van der Waals surface area (Å²) >= 11 is 3.09. The first-order valence-corrected chi connectivity index (χ1v) is 6.47. The van der Waals surface area contributed by atoms with E-state index < -0.39 is 43.7 Å². The summed E-state index contributed by atoms with van der Waals surface area (Å²) in [6.07, 6.45) is 0. The molecule has 1 aromatic carbocycles. The van der Waals surface area contributed by atoms with Crippen molar-refractivity contribution in [2.24, 2.45) is 0 Å². The number of hydrogen-bond acceptors (Lipinski definition) is 5. The molecule has 0 bridgehead atoms. The van der Waals surface area contributed by atoms with Crippen LogP contribution >= 0.6 is 15.9 Å². The van der Waals surface area contributed by atoms with Crippen molar-refractivity contribution < 1.29 is 29.2 Å². The molecule has 8 heteroatoms. The van der Waals surface area contributed by atoms with E-state index in [2.05, 4.69) is 21.2 Å². The maximum absolute atomic E-state index is 13.4. The van der Waals surface area contributed by atoms with Gasteiger partial charge in [0.05, 0.1) is 19.8 Å². The van der Waals surface area contributed by atoms with E-state index in [1.165, 1.54) is 12.1 Å². The molecule has 6 nitrogen and oxygen atoms in total. The highest BCUT2D eigenvalue weighted by Crippen LogP contribution is 2.21. The Kier molecular flexibility index (Phi) is 6.34. The molecule has 1 amide bonds. The summed E-state index contributed by atoms with van der Waals surface area (Å²) in [5.74, 6) is -1.44. The van der Waals surface area contributed by atoms with E-state index in [4.69, 9.17) is 20.1 Å². The van der Waals surface area contributed by atoms with E-state index in [0.29, 0.717) is 4.47 Å². The standard InChI is InChI=1S/C12H15BrFNO5/c13-8-1-2-10(9(14)3-8)20-4-11(19)15-12(5-16,6-17)7-18/h1-3,16-18H,4-7H2,(H,15,19). The van der Waals surface area contributed by atoms with Crippen LogP contribution in [0, 0.1) is 5.82 Å². The highest BCUT2D eigenvalue weighted by atomic mass is 79.9. The Morgan fingerprint density at radius 1 is 1.30 bits per heavy atom. The number of aliphatic hydroxyl groups is 3. The van der Waals surface area contributed by atoms with E-state index in [1.807, 2.05) is 0 Å². The van der Waals surface area contributed by atoms with Gasteiger partial charge in [0, 0.05) is 4.47 Å². The second-order valence-electron chi connectivity index (χ2n) is 4.17. The van der Waals surface area contributed by atoms with Crippen molar-refractivity contribution >= 4 is 21.8 Å². The van der Waals surface area contributed by atoms with E-state index in [-0.39, 0.29) is 5.75 Å². The molecule has 0 aromatic heterocycles. The molecule has 1 aromatic rings. The van der Waals surface area contributed by atoms with Gasteiger partial charge in [-0.2, -0.15) is 0 Å². The summed E-state index contributed by atoms with van der Waals surface area (Å²) in [5, 5.41) is 29.4. The zero-order valence-electron chi connectivity index (χ0n) is 10.5. The molecular formula is C12H15BrFNO5. The van der Waals surface area contributed by atoms with Gasteiger partial charge in [-0.15, -0.1) is 0 Å².